The number of hydrogen-bond donors (Lipinski definition) is 1. The first-order valence-corrected chi connectivity index (χ1v) is 9.58. The normalized spacial score (nSPS) is 11.8. The van der Waals surface area contributed by atoms with Gasteiger partial charge in [-0.3, -0.25) is 10.1 Å². The van der Waals surface area contributed by atoms with E-state index in [9.17, 15) is 27.2 Å². The van der Waals surface area contributed by atoms with Crippen molar-refractivity contribution >= 4 is 28.3 Å². The van der Waals surface area contributed by atoms with Crippen molar-refractivity contribution in [3.8, 4) is 17.0 Å². The summed E-state index contributed by atoms with van der Waals surface area (Å²) in [5.74, 6) is -3.85. The molecule has 6 nitrogen and oxygen atoms in total. The van der Waals surface area contributed by atoms with Gasteiger partial charge in [0.25, 0.3) is 5.91 Å². The number of anilines is 1. The number of thiazole rings is 1. The van der Waals surface area contributed by atoms with Crippen LogP contribution < -0.4 is 10.1 Å². The van der Waals surface area contributed by atoms with E-state index in [4.69, 9.17) is 4.74 Å². The molecule has 1 N–H and O–H groups in total. The molecule has 0 fully saturated rings. The number of carbonyl (C=O) groups is 2. The van der Waals surface area contributed by atoms with Gasteiger partial charge in [-0.15, -0.1) is 11.3 Å². The number of rotatable bonds is 7. The van der Waals surface area contributed by atoms with Gasteiger partial charge in [0.15, 0.2) is 22.9 Å². The topological polar surface area (TPSA) is 77.5 Å². The predicted molar refractivity (Wildman–Crippen MR) is 104 cm³/mol. The SMILES string of the molecule is C[C@H](OC(=O)c1cccc(OC(F)F)c1)C(=O)Nc1nc(-c2ccc(F)c(F)c2)cs1. The van der Waals surface area contributed by atoms with Crippen LogP contribution in [0.15, 0.2) is 47.8 Å². The fourth-order valence-corrected chi connectivity index (χ4v) is 3.13. The lowest BCUT2D eigenvalue weighted by atomic mass is 10.2. The third-order valence-corrected chi connectivity index (χ3v) is 4.66. The lowest BCUT2D eigenvalue weighted by Gasteiger charge is -2.13. The quantitative estimate of drug-likeness (QED) is 0.407. The molecule has 0 saturated heterocycles. The van der Waals surface area contributed by atoms with Gasteiger partial charge in [0.2, 0.25) is 0 Å². The lowest BCUT2D eigenvalue weighted by molar-refractivity contribution is -0.123. The molecular weight excluding hydrogens is 440 g/mol. The molecule has 3 rings (SSSR count). The molecule has 0 radical (unpaired) electrons. The van der Waals surface area contributed by atoms with Crippen LogP contribution in [0.2, 0.25) is 0 Å². The van der Waals surface area contributed by atoms with Crippen molar-refractivity contribution in [1.82, 2.24) is 4.98 Å². The highest BCUT2D eigenvalue weighted by atomic mass is 32.1. The van der Waals surface area contributed by atoms with E-state index >= 15 is 0 Å². The Morgan fingerprint density at radius 2 is 1.87 bits per heavy atom. The molecule has 11 heteroatoms. The zero-order chi connectivity index (χ0) is 22.5. The Bertz CT molecular complexity index is 1110. The molecule has 31 heavy (non-hydrogen) atoms. The molecule has 0 bridgehead atoms. The van der Waals surface area contributed by atoms with Gasteiger partial charge < -0.3 is 9.47 Å². The Balaban J connectivity index is 1.61. The summed E-state index contributed by atoms with van der Waals surface area (Å²) in [6.45, 7) is -1.73. The van der Waals surface area contributed by atoms with Gasteiger partial charge in [-0.05, 0) is 43.3 Å². The van der Waals surface area contributed by atoms with Crippen molar-refractivity contribution in [2.45, 2.75) is 19.6 Å². The van der Waals surface area contributed by atoms with E-state index in [0.717, 1.165) is 29.5 Å². The fourth-order valence-electron chi connectivity index (χ4n) is 2.41. The first kappa shape index (κ1) is 22.2. The second kappa shape index (κ2) is 9.56. The van der Waals surface area contributed by atoms with Crippen LogP contribution in [0.3, 0.4) is 0 Å². The molecule has 1 amide bonds. The van der Waals surface area contributed by atoms with E-state index in [1.165, 1.54) is 36.6 Å². The molecule has 0 unspecified atom stereocenters. The van der Waals surface area contributed by atoms with Crippen LogP contribution >= 0.6 is 11.3 Å². The largest absolute Gasteiger partial charge is 0.449 e. The first-order chi connectivity index (χ1) is 14.7. The zero-order valence-corrected chi connectivity index (χ0v) is 16.6. The van der Waals surface area contributed by atoms with Crippen molar-refractivity contribution < 1.29 is 36.6 Å². The van der Waals surface area contributed by atoms with Gasteiger partial charge >= 0.3 is 12.6 Å². The number of benzene rings is 2. The van der Waals surface area contributed by atoms with Crippen LogP contribution in [0.5, 0.6) is 5.75 Å². The van der Waals surface area contributed by atoms with Gasteiger partial charge in [0.1, 0.15) is 5.75 Å². The number of amides is 1. The molecular formula is C20H14F4N2O4S. The average molecular weight is 454 g/mol. The van der Waals surface area contributed by atoms with Crippen LogP contribution in [0.25, 0.3) is 11.3 Å². The molecule has 162 valence electrons. The molecule has 2 aromatic carbocycles. The second-order valence-electron chi connectivity index (χ2n) is 6.11. The molecule has 0 saturated carbocycles. The highest BCUT2D eigenvalue weighted by molar-refractivity contribution is 7.14. The minimum Gasteiger partial charge on any atom is -0.449 e. The van der Waals surface area contributed by atoms with Crippen molar-refractivity contribution in [2.24, 2.45) is 0 Å². The fraction of sp³-hybridized carbons (Fsp3) is 0.150. The minimum atomic E-state index is -3.05. The van der Waals surface area contributed by atoms with E-state index in [0.29, 0.717) is 11.3 Å². The third-order valence-electron chi connectivity index (χ3n) is 3.90. The summed E-state index contributed by atoms with van der Waals surface area (Å²) < 4.78 is 60.3. The monoisotopic (exact) mass is 454 g/mol. The number of ether oxygens (including phenoxy) is 2. The molecule has 0 aliphatic rings. The average Bonchev–Trinajstić information content (AvgIpc) is 3.18. The number of esters is 1. The minimum absolute atomic E-state index is 0.0762. The van der Waals surface area contributed by atoms with E-state index < -0.39 is 36.2 Å². The summed E-state index contributed by atoms with van der Waals surface area (Å²) in [4.78, 5) is 28.6. The number of aromatic nitrogens is 1. The lowest BCUT2D eigenvalue weighted by Crippen LogP contribution is -2.30. The van der Waals surface area contributed by atoms with E-state index in [-0.39, 0.29) is 16.4 Å². The second-order valence-corrected chi connectivity index (χ2v) is 6.97. The van der Waals surface area contributed by atoms with Crippen LogP contribution in [0, 0.1) is 11.6 Å². The van der Waals surface area contributed by atoms with Gasteiger partial charge in [0, 0.05) is 10.9 Å². The standard InChI is InChI=1S/C20H14F4N2O4S/c1-10(29-18(28)12-3-2-4-13(7-12)30-19(23)24)17(27)26-20-25-16(9-31-20)11-5-6-14(21)15(22)8-11/h2-10,19H,1H3,(H,25,26,27)/t10-/m0/s1. The van der Waals surface area contributed by atoms with Gasteiger partial charge in [-0.2, -0.15) is 8.78 Å². The smallest absolute Gasteiger partial charge is 0.387 e. The van der Waals surface area contributed by atoms with Crippen molar-refractivity contribution in [2.75, 3.05) is 5.32 Å². The molecule has 1 aromatic heterocycles. The Morgan fingerprint density at radius 3 is 2.58 bits per heavy atom. The number of nitrogens with zero attached hydrogens (tertiary/aromatic N) is 1. The Labute approximate surface area is 177 Å². The zero-order valence-electron chi connectivity index (χ0n) is 15.8. The Kier molecular flexibility index (Phi) is 6.85. The van der Waals surface area contributed by atoms with Crippen molar-refractivity contribution in [1.29, 1.82) is 0 Å². The number of hydrogen-bond acceptors (Lipinski definition) is 6. The van der Waals surface area contributed by atoms with Crippen LogP contribution in [0.4, 0.5) is 22.7 Å². The van der Waals surface area contributed by atoms with Crippen molar-refractivity contribution in [3.05, 3.63) is 65.0 Å². The maximum Gasteiger partial charge on any atom is 0.387 e. The number of nitrogens with one attached hydrogen (secondary N) is 1. The molecule has 0 aliphatic carbocycles. The molecule has 1 heterocycles. The van der Waals surface area contributed by atoms with Crippen LogP contribution in [-0.4, -0.2) is 29.6 Å². The molecule has 0 spiro atoms. The summed E-state index contributed by atoms with van der Waals surface area (Å²) in [6, 6.07) is 8.24. The van der Waals surface area contributed by atoms with Gasteiger partial charge in [-0.1, -0.05) is 6.07 Å². The highest BCUT2D eigenvalue weighted by Crippen LogP contribution is 2.26. The predicted octanol–water partition coefficient (Wildman–Crippen LogP) is 4.87. The summed E-state index contributed by atoms with van der Waals surface area (Å²) in [5.41, 5.74) is 0.563. The molecule has 1 atom stereocenters. The molecule has 3 aromatic rings. The Hall–Kier alpha value is -3.47. The van der Waals surface area contributed by atoms with E-state index in [1.807, 2.05) is 0 Å². The first-order valence-electron chi connectivity index (χ1n) is 8.70. The highest BCUT2D eigenvalue weighted by Gasteiger charge is 2.21. The van der Waals surface area contributed by atoms with E-state index in [1.54, 1.807) is 0 Å². The summed E-state index contributed by atoms with van der Waals surface area (Å²) in [5, 5.41) is 4.14. The molecule has 0 aliphatic heterocycles. The summed E-state index contributed by atoms with van der Waals surface area (Å²) >= 11 is 1.04. The van der Waals surface area contributed by atoms with E-state index in [2.05, 4.69) is 15.0 Å². The number of halogens is 4. The Morgan fingerprint density at radius 1 is 1.10 bits per heavy atom. The van der Waals surface area contributed by atoms with Crippen LogP contribution in [-0.2, 0) is 9.53 Å². The summed E-state index contributed by atoms with van der Waals surface area (Å²) in [6.07, 6.45) is -1.23. The maximum absolute atomic E-state index is 13.4. The van der Waals surface area contributed by atoms with Crippen molar-refractivity contribution in [3.63, 3.8) is 0 Å². The summed E-state index contributed by atoms with van der Waals surface area (Å²) in [7, 11) is 0. The third kappa shape index (κ3) is 5.79. The van der Waals surface area contributed by atoms with Crippen LogP contribution in [0.1, 0.15) is 17.3 Å². The number of alkyl halides is 2. The van der Waals surface area contributed by atoms with Gasteiger partial charge in [0.05, 0.1) is 11.3 Å². The van der Waals surface area contributed by atoms with Gasteiger partial charge in [-0.25, -0.2) is 18.6 Å². The maximum atomic E-state index is 13.4. The number of carbonyl (C=O) groups excluding carboxylic acids is 2.